The van der Waals surface area contributed by atoms with Crippen molar-refractivity contribution in [2.75, 3.05) is 27.8 Å². The molecule has 0 saturated heterocycles. The van der Waals surface area contributed by atoms with E-state index in [1.807, 2.05) is 6.92 Å². The molecule has 0 bridgehead atoms. The maximum absolute atomic E-state index is 12.5. The highest BCUT2D eigenvalue weighted by atomic mass is 16.5. The molecule has 1 aromatic rings. The predicted molar refractivity (Wildman–Crippen MR) is 74.8 cm³/mol. The number of nitrogens with two attached hydrogens (primary N) is 1. The highest BCUT2D eigenvalue weighted by molar-refractivity contribution is 5.99. The second-order valence-corrected chi connectivity index (χ2v) is 4.38. The molecule has 1 unspecified atom stereocenters. The van der Waals surface area contributed by atoms with Crippen LogP contribution in [-0.2, 0) is 0 Å². The van der Waals surface area contributed by atoms with Crippen molar-refractivity contribution in [1.29, 1.82) is 0 Å². The fourth-order valence-electron chi connectivity index (χ4n) is 1.87. The number of rotatable bonds is 6. The average molecular weight is 266 g/mol. The lowest BCUT2D eigenvalue weighted by Gasteiger charge is -2.26. The topological polar surface area (TPSA) is 64.8 Å². The highest BCUT2D eigenvalue weighted by Gasteiger charge is 2.24. The van der Waals surface area contributed by atoms with Gasteiger partial charge >= 0.3 is 0 Å². The lowest BCUT2D eigenvalue weighted by Crippen LogP contribution is -2.36. The molecule has 1 rings (SSSR count). The molecule has 5 nitrogen and oxygen atoms in total. The average Bonchev–Trinajstić information content (AvgIpc) is 2.44. The maximum Gasteiger partial charge on any atom is 0.261 e. The van der Waals surface area contributed by atoms with Gasteiger partial charge in [-0.05, 0) is 32.0 Å². The van der Waals surface area contributed by atoms with E-state index in [1.54, 1.807) is 30.1 Å². The van der Waals surface area contributed by atoms with Gasteiger partial charge in [0.05, 0.1) is 14.2 Å². The van der Waals surface area contributed by atoms with Crippen LogP contribution in [0.5, 0.6) is 11.5 Å². The van der Waals surface area contributed by atoms with E-state index >= 15 is 0 Å². The molecule has 1 amide bonds. The summed E-state index contributed by atoms with van der Waals surface area (Å²) in [5, 5.41) is 0. The summed E-state index contributed by atoms with van der Waals surface area (Å²) in [5.41, 5.74) is 5.97. The minimum atomic E-state index is -0.129. The number of ether oxygens (including phenoxy) is 2. The van der Waals surface area contributed by atoms with Crippen LogP contribution < -0.4 is 15.2 Å². The molecule has 0 aliphatic heterocycles. The van der Waals surface area contributed by atoms with Gasteiger partial charge in [-0.2, -0.15) is 0 Å². The number of benzene rings is 1. The molecular weight excluding hydrogens is 244 g/mol. The van der Waals surface area contributed by atoms with Crippen LogP contribution >= 0.6 is 0 Å². The van der Waals surface area contributed by atoms with E-state index in [0.717, 1.165) is 6.42 Å². The Labute approximate surface area is 114 Å². The van der Waals surface area contributed by atoms with Gasteiger partial charge < -0.3 is 20.1 Å². The molecule has 19 heavy (non-hydrogen) atoms. The summed E-state index contributed by atoms with van der Waals surface area (Å²) in [7, 11) is 4.83. The number of carbonyl (C=O) groups is 1. The summed E-state index contributed by atoms with van der Waals surface area (Å²) >= 11 is 0. The van der Waals surface area contributed by atoms with Crippen molar-refractivity contribution in [2.24, 2.45) is 5.73 Å². The van der Waals surface area contributed by atoms with Crippen LogP contribution in [0.25, 0.3) is 0 Å². The van der Waals surface area contributed by atoms with Gasteiger partial charge in [-0.25, -0.2) is 0 Å². The Morgan fingerprint density at radius 2 is 1.84 bits per heavy atom. The molecule has 0 saturated carbocycles. The molecular formula is C14H22N2O3. The summed E-state index contributed by atoms with van der Waals surface area (Å²) in [4.78, 5) is 14.2. The number of hydrogen-bond donors (Lipinski definition) is 1. The first-order valence-corrected chi connectivity index (χ1v) is 6.25. The van der Waals surface area contributed by atoms with Crippen LogP contribution in [0, 0.1) is 0 Å². The molecule has 1 aromatic carbocycles. The van der Waals surface area contributed by atoms with Crippen LogP contribution in [0.15, 0.2) is 18.2 Å². The summed E-state index contributed by atoms with van der Waals surface area (Å²) in [6.07, 6.45) is 0.750. The normalized spacial score (nSPS) is 11.8. The third-order valence-electron chi connectivity index (χ3n) is 3.21. The maximum atomic E-state index is 12.5. The van der Waals surface area contributed by atoms with Crippen LogP contribution in [0.2, 0.25) is 0 Å². The van der Waals surface area contributed by atoms with E-state index in [0.29, 0.717) is 23.6 Å². The molecule has 5 heteroatoms. The van der Waals surface area contributed by atoms with Gasteiger partial charge in [0, 0.05) is 13.1 Å². The zero-order valence-electron chi connectivity index (χ0n) is 12.0. The number of amides is 1. The Balaban J connectivity index is 3.10. The summed E-state index contributed by atoms with van der Waals surface area (Å²) in [6.45, 7) is 2.51. The first kappa shape index (κ1) is 15.3. The van der Waals surface area contributed by atoms with Gasteiger partial charge in [0.25, 0.3) is 5.91 Å². The number of methoxy groups -OCH3 is 2. The van der Waals surface area contributed by atoms with Crippen molar-refractivity contribution in [2.45, 2.75) is 19.4 Å². The molecule has 0 fully saturated rings. The zero-order chi connectivity index (χ0) is 14.4. The lowest BCUT2D eigenvalue weighted by molar-refractivity contribution is 0.0732. The third-order valence-corrected chi connectivity index (χ3v) is 3.21. The fraction of sp³-hybridized carbons (Fsp3) is 0.500. The first-order chi connectivity index (χ1) is 9.06. The standard InChI is InChI=1S/C14H22N2O3/c1-10(8-9-15)16(2)14(17)13-11(18-3)6-5-7-12(13)19-4/h5-7,10H,8-9,15H2,1-4H3. The highest BCUT2D eigenvalue weighted by Crippen LogP contribution is 2.29. The summed E-state index contributed by atoms with van der Waals surface area (Å²) in [6, 6.07) is 5.35. The Kier molecular flexibility index (Phi) is 5.63. The quantitative estimate of drug-likeness (QED) is 0.847. The van der Waals surface area contributed by atoms with Crippen molar-refractivity contribution < 1.29 is 14.3 Å². The van der Waals surface area contributed by atoms with Crippen LogP contribution in [0.3, 0.4) is 0 Å². The Bertz CT molecular complexity index is 412. The zero-order valence-corrected chi connectivity index (χ0v) is 12.0. The first-order valence-electron chi connectivity index (χ1n) is 6.25. The van der Waals surface area contributed by atoms with E-state index < -0.39 is 0 Å². The van der Waals surface area contributed by atoms with Crippen molar-refractivity contribution in [3.05, 3.63) is 23.8 Å². The number of carbonyl (C=O) groups excluding carboxylic acids is 1. The molecule has 0 heterocycles. The van der Waals surface area contributed by atoms with Gasteiger partial charge in [-0.3, -0.25) is 4.79 Å². The number of nitrogens with zero attached hydrogens (tertiary/aromatic N) is 1. The Hall–Kier alpha value is -1.75. The predicted octanol–water partition coefficient (Wildman–Crippen LogP) is 1.51. The van der Waals surface area contributed by atoms with Crippen molar-refractivity contribution in [3.63, 3.8) is 0 Å². The van der Waals surface area contributed by atoms with Crippen LogP contribution in [-0.4, -0.2) is 44.7 Å². The van der Waals surface area contributed by atoms with Crippen molar-refractivity contribution in [1.82, 2.24) is 4.90 Å². The fourth-order valence-corrected chi connectivity index (χ4v) is 1.87. The Morgan fingerprint density at radius 3 is 2.26 bits per heavy atom. The minimum Gasteiger partial charge on any atom is -0.496 e. The molecule has 2 N–H and O–H groups in total. The monoisotopic (exact) mass is 266 g/mol. The molecule has 106 valence electrons. The van der Waals surface area contributed by atoms with E-state index in [-0.39, 0.29) is 11.9 Å². The van der Waals surface area contributed by atoms with E-state index in [1.165, 1.54) is 14.2 Å². The van der Waals surface area contributed by atoms with E-state index in [9.17, 15) is 4.79 Å². The van der Waals surface area contributed by atoms with Crippen LogP contribution in [0.4, 0.5) is 0 Å². The van der Waals surface area contributed by atoms with Gasteiger partial charge in [0.15, 0.2) is 0 Å². The van der Waals surface area contributed by atoms with E-state index in [4.69, 9.17) is 15.2 Å². The van der Waals surface area contributed by atoms with Gasteiger partial charge in [0.2, 0.25) is 0 Å². The van der Waals surface area contributed by atoms with Crippen molar-refractivity contribution >= 4 is 5.91 Å². The molecule has 0 radical (unpaired) electrons. The molecule has 0 aromatic heterocycles. The SMILES string of the molecule is COc1cccc(OC)c1C(=O)N(C)C(C)CCN. The third kappa shape index (κ3) is 3.38. The lowest BCUT2D eigenvalue weighted by atomic mass is 10.1. The van der Waals surface area contributed by atoms with E-state index in [2.05, 4.69) is 0 Å². The van der Waals surface area contributed by atoms with Crippen molar-refractivity contribution in [3.8, 4) is 11.5 Å². The van der Waals surface area contributed by atoms with Crippen LogP contribution in [0.1, 0.15) is 23.7 Å². The Morgan fingerprint density at radius 1 is 1.32 bits per heavy atom. The molecule has 1 atom stereocenters. The molecule has 0 aliphatic rings. The molecule has 0 aliphatic carbocycles. The van der Waals surface area contributed by atoms with Gasteiger partial charge in [0.1, 0.15) is 17.1 Å². The second kappa shape index (κ2) is 6.99. The molecule has 0 spiro atoms. The number of hydrogen-bond acceptors (Lipinski definition) is 4. The second-order valence-electron chi connectivity index (χ2n) is 4.38. The minimum absolute atomic E-state index is 0.0621. The summed E-state index contributed by atoms with van der Waals surface area (Å²) < 4.78 is 10.5. The smallest absolute Gasteiger partial charge is 0.261 e. The largest absolute Gasteiger partial charge is 0.496 e. The van der Waals surface area contributed by atoms with Gasteiger partial charge in [-0.15, -0.1) is 0 Å². The summed E-state index contributed by atoms with van der Waals surface area (Å²) in [5.74, 6) is 0.891. The van der Waals surface area contributed by atoms with Gasteiger partial charge in [-0.1, -0.05) is 6.07 Å².